The van der Waals surface area contributed by atoms with Crippen LogP contribution in [0.1, 0.15) is 18.4 Å². The minimum absolute atomic E-state index is 0.105. The summed E-state index contributed by atoms with van der Waals surface area (Å²) in [6.07, 6.45) is 1.71. The second-order valence-corrected chi connectivity index (χ2v) is 5.26. The Bertz CT molecular complexity index is 433. The molecule has 2 rings (SSSR count). The molecular weight excluding hydrogens is 264 g/mol. The molecule has 0 radical (unpaired) electrons. The highest BCUT2D eigenvalue weighted by atomic mass is 35.5. The highest BCUT2D eigenvalue weighted by Crippen LogP contribution is 2.17. The largest absolute Gasteiger partial charge is 0.381 e. The zero-order valence-corrected chi connectivity index (χ0v) is 11.5. The minimum Gasteiger partial charge on any atom is -0.381 e. The van der Waals surface area contributed by atoms with E-state index in [9.17, 15) is 4.79 Å². The average molecular weight is 283 g/mol. The molecule has 0 bridgehead atoms. The number of carbonyl (C=O) groups is 1. The Balaban J connectivity index is 1.83. The first kappa shape index (κ1) is 14.3. The number of rotatable bonds is 4. The fourth-order valence-electron chi connectivity index (χ4n) is 2.24. The molecule has 1 aromatic rings. The third kappa shape index (κ3) is 4.20. The smallest absolute Gasteiger partial charge is 0.237 e. The number of hydrogen-bond donors (Lipinski definition) is 2. The van der Waals surface area contributed by atoms with Gasteiger partial charge in [0.25, 0.3) is 0 Å². The molecule has 0 saturated carbocycles. The summed E-state index contributed by atoms with van der Waals surface area (Å²) in [4.78, 5) is 12.0. The first-order valence-corrected chi connectivity index (χ1v) is 6.90. The second-order valence-electron chi connectivity index (χ2n) is 4.82. The molecule has 1 aromatic carbocycles. The Morgan fingerprint density at radius 3 is 2.89 bits per heavy atom. The molecule has 1 aliphatic heterocycles. The van der Waals surface area contributed by atoms with E-state index in [-0.39, 0.29) is 11.8 Å². The van der Waals surface area contributed by atoms with Gasteiger partial charge in [-0.25, -0.2) is 0 Å². The summed E-state index contributed by atoms with van der Waals surface area (Å²) in [5, 5.41) is 3.53. The van der Waals surface area contributed by atoms with Crippen molar-refractivity contribution in [3.63, 3.8) is 0 Å². The maximum absolute atomic E-state index is 12.0. The number of nitrogens with two attached hydrogens (primary N) is 1. The van der Waals surface area contributed by atoms with Gasteiger partial charge in [-0.1, -0.05) is 23.7 Å². The van der Waals surface area contributed by atoms with Crippen LogP contribution in [0.25, 0.3) is 0 Å². The van der Waals surface area contributed by atoms with Gasteiger partial charge in [-0.2, -0.15) is 0 Å². The van der Waals surface area contributed by atoms with Gasteiger partial charge in [0.1, 0.15) is 0 Å². The van der Waals surface area contributed by atoms with E-state index < -0.39 is 6.04 Å². The maximum atomic E-state index is 12.0. The Hall–Kier alpha value is -1.10. The Kier molecular flexibility index (Phi) is 5.19. The molecule has 4 nitrogen and oxygen atoms in total. The predicted octanol–water partition coefficient (Wildman–Crippen LogP) is 1.71. The van der Waals surface area contributed by atoms with Crippen molar-refractivity contribution in [2.24, 2.45) is 11.7 Å². The van der Waals surface area contributed by atoms with E-state index in [1.165, 1.54) is 0 Å². The molecular formula is C14H19ClN2O2. The number of hydrogen-bond acceptors (Lipinski definition) is 3. The summed E-state index contributed by atoms with van der Waals surface area (Å²) in [6.45, 7) is 1.84. The molecule has 1 heterocycles. The summed E-state index contributed by atoms with van der Waals surface area (Å²) < 4.78 is 5.27. The summed E-state index contributed by atoms with van der Waals surface area (Å²) in [5.41, 5.74) is 6.96. The molecule has 5 heteroatoms. The maximum Gasteiger partial charge on any atom is 0.237 e. The van der Waals surface area contributed by atoms with Crippen molar-refractivity contribution in [3.8, 4) is 0 Å². The van der Waals surface area contributed by atoms with Gasteiger partial charge in [-0.3, -0.25) is 4.79 Å². The summed E-state index contributed by atoms with van der Waals surface area (Å²) in [5.74, 6) is 0.111. The molecule has 1 atom stereocenters. The van der Waals surface area contributed by atoms with Crippen molar-refractivity contribution in [2.75, 3.05) is 13.2 Å². The molecule has 3 N–H and O–H groups in total. The highest BCUT2D eigenvalue weighted by Gasteiger charge is 2.26. The molecule has 19 heavy (non-hydrogen) atoms. The molecule has 1 saturated heterocycles. The number of amides is 1. The number of carbonyl (C=O) groups excluding carboxylic acids is 1. The van der Waals surface area contributed by atoms with Crippen LogP contribution in [0.3, 0.4) is 0 Å². The lowest BCUT2D eigenvalue weighted by molar-refractivity contribution is -0.124. The van der Waals surface area contributed by atoms with Gasteiger partial charge in [-0.05, 0) is 36.5 Å². The molecule has 0 aliphatic carbocycles. The minimum atomic E-state index is -0.455. The molecule has 0 spiro atoms. The van der Waals surface area contributed by atoms with E-state index in [1.54, 1.807) is 6.07 Å². The van der Waals surface area contributed by atoms with Crippen molar-refractivity contribution < 1.29 is 9.53 Å². The van der Waals surface area contributed by atoms with Crippen molar-refractivity contribution >= 4 is 17.5 Å². The summed E-state index contributed by atoms with van der Waals surface area (Å²) >= 11 is 5.89. The molecule has 1 fully saturated rings. The lowest BCUT2D eigenvalue weighted by atomic mass is 9.92. The van der Waals surface area contributed by atoms with Crippen LogP contribution >= 0.6 is 11.6 Å². The number of benzene rings is 1. The Labute approximate surface area is 118 Å². The van der Waals surface area contributed by atoms with Gasteiger partial charge in [0, 0.05) is 24.8 Å². The second kappa shape index (κ2) is 6.89. The van der Waals surface area contributed by atoms with Crippen LogP contribution in [0.4, 0.5) is 0 Å². The average Bonchev–Trinajstić information content (AvgIpc) is 2.45. The first-order chi connectivity index (χ1) is 9.16. The lowest BCUT2D eigenvalue weighted by Gasteiger charge is -2.26. The highest BCUT2D eigenvalue weighted by molar-refractivity contribution is 6.30. The van der Waals surface area contributed by atoms with Crippen LogP contribution in [0.2, 0.25) is 5.02 Å². The van der Waals surface area contributed by atoms with Crippen LogP contribution in [0.5, 0.6) is 0 Å². The number of halogens is 1. The monoisotopic (exact) mass is 282 g/mol. The number of nitrogens with one attached hydrogen (secondary N) is 1. The van der Waals surface area contributed by atoms with Gasteiger partial charge in [-0.15, -0.1) is 0 Å². The normalized spacial score (nSPS) is 18.0. The third-order valence-electron chi connectivity index (χ3n) is 3.43. The molecule has 0 aromatic heterocycles. The molecule has 104 valence electrons. The van der Waals surface area contributed by atoms with Gasteiger partial charge in [0.15, 0.2) is 0 Å². The summed E-state index contributed by atoms with van der Waals surface area (Å²) in [7, 11) is 0. The lowest BCUT2D eigenvalue weighted by Crippen LogP contribution is -2.46. The zero-order valence-electron chi connectivity index (χ0n) is 10.8. The van der Waals surface area contributed by atoms with Crippen LogP contribution < -0.4 is 11.1 Å². The zero-order chi connectivity index (χ0) is 13.7. The Morgan fingerprint density at radius 2 is 2.21 bits per heavy atom. The van der Waals surface area contributed by atoms with E-state index in [0.717, 1.165) is 18.4 Å². The van der Waals surface area contributed by atoms with Crippen molar-refractivity contribution in [1.82, 2.24) is 5.32 Å². The van der Waals surface area contributed by atoms with Crippen LogP contribution in [0.15, 0.2) is 24.3 Å². The quantitative estimate of drug-likeness (QED) is 0.884. The summed E-state index contributed by atoms with van der Waals surface area (Å²) in [6, 6.07) is 6.97. The number of ether oxygens (including phenoxy) is 1. The molecule has 1 aliphatic rings. The molecule has 1 amide bonds. The molecule has 1 unspecified atom stereocenters. The van der Waals surface area contributed by atoms with Crippen molar-refractivity contribution in [1.29, 1.82) is 0 Å². The van der Waals surface area contributed by atoms with E-state index in [4.69, 9.17) is 22.1 Å². The Morgan fingerprint density at radius 1 is 1.47 bits per heavy atom. The van der Waals surface area contributed by atoms with E-state index in [0.29, 0.717) is 24.8 Å². The first-order valence-electron chi connectivity index (χ1n) is 6.52. The van der Waals surface area contributed by atoms with Crippen LogP contribution in [-0.4, -0.2) is 25.2 Å². The predicted molar refractivity (Wildman–Crippen MR) is 74.8 cm³/mol. The fourth-order valence-corrected chi connectivity index (χ4v) is 2.46. The van der Waals surface area contributed by atoms with Gasteiger partial charge < -0.3 is 15.8 Å². The third-order valence-corrected chi connectivity index (χ3v) is 3.67. The van der Waals surface area contributed by atoms with Gasteiger partial charge in [0.05, 0.1) is 6.04 Å². The standard InChI is InChI=1S/C14H19ClN2O2/c15-12-3-1-2-10(8-12)9-17-14(18)13(16)11-4-6-19-7-5-11/h1-3,8,11,13H,4-7,9,16H2,(H,17,18). The SMILES string of the molecule is NC(C(=O)NCc1cccc(Cl)c1)C1CCOCC1. The van der Waals surface area contributed by atoms with Crippen molar-refractivity contribution in [3.05, 3.63) is 34.9 Å². The van der Waals surface area contributed by atoms with E-state index >= 15 is 0 Å². The topological polar surface area (TPSA) is 64.4 Å². The van der Waals surface area contributed by atoms with E-state index in [2.05, 4.69) is 5.32 Å². The van der Waals surface area contributed by atoms with Crippen LogP contribution in [-0.2, 0) is 16.1 Å². The van der Waals surface area contributed by atoms with E-state index in [1.807, 2.05) is 18.2 Å². The van der Waals surface area contributed by atoms with Gasteiger partial charge >= 0.3 is 0 Å². The van der Waals surface area contributed by atoms with Crippen molar-refractivity contribution in [2.45, 2.75) is 25.4 Å². The van der Waals surface area contributed by atoms with Gasteiger partial charge in [0.2, 0.25) is 5.91 Å². The fraction of sp³-hybridized carbons (Fsp3) is 0.500. The van der Waals surface area contributed by atoms with Crippen LogP contribution in [0, 0.1) is 5.92 Å².